The van der Waals surface area contributed by atoms with Gasteiger partial charge in [0.15, 0.2) is 5.82 Å². The average Bonchev–Trinajstić information content (AvgIpc) is 3.07. The third kappa shape index (κ3) is 3.80. The van der Waals surface area contributed by atoms with Gasteiger partial charge in [-0.25, -0.2) is 4.79 Å². The molecule has 1 fully saturated rings. The van der Waals surface area contributed by atoms with Crippen molar-refractivity contribution in [2.24, 2.45) is 7.05 Å². The molecule has 25 heavy (non-hydrogen) atoms. The second-order valence-electron chi connectivity index (χ2n) is 5.64. The van der Waals surface area contributed by atoms with Crippen molar-refractivity contribution < 1.29 is 14.4 Å². The van der Waals surface area contributed by atoms with E-state index in [0.717, 1.165) is 4.90 Å². The van der Waals surface area contributed by atoms with Crippen LogP contribution < -0.4 is 10.6 Å². The van der Waals surface area contributed by atoms with E-state index in [0.29, 0.717) is 16.4 Å². The number of urea groups is 1. The Morgan fingerprint density at radius 3 is 2.76 bits per heavy atom. The summed E-state index contributed by atoms with van der Waals surface area (Å²) in [5.41, 5.74) is 0.659. The van der Waals surface area contributed by atoms with E-state index in [2.05, 4.69) is 15.7 Å². The zero-order valence-electron chi connectivity index (χ0n) is 13.4. The van der Waals surface area contributed by atoms with Crippen LogP contribution in [0.25, 0.3) is 0 Å². The molecule has 1 aromatic heterocycles. The summed E-state index contributed by atoms with van der Waals surface area (Å²) >= 11 is 6.07. The molecule has 1 aliphatic heterocycles. The number of imide groups is 1. The summed E-state index contributed by atoms with van der Waals surface area (Å²) < 4.78 is 1.55. The number of amides is 4. The Labute approximate surface area is 148 Å². The van der Waals surface area contributed by atoms with Gasteiger partial charge in [0.2, 0.25) is 5.91 Å². The van der Waals surface area contributed by atoms with Gasteiger partial charge in [-0.05, 0) is 11.6 Å². The topological polar surface area (TPSA) is 96.3 Å². The molecule has 1 aromatic carbocycles. The second kappa shape index (κ2) is 6.94. The number of rotatable bonds is 5. The zero-order valence-corrected chi connectivity index (χ0v) is 14.2. The predicted octanol–water partition coefficient (Wildman–Crippen LogP) is 1.52. The molecule has 0 aliphatic carbocycles. The lowest BCUT2D eigenvalue weighted by atomic mass is 10.1. The molecule has 0 radical (unpaired) electrons. The molecular weight excluding hydrogens is 346 g/mol. The van der Waals surface area contributed by atoms with Gasteiger partial charge in [-0.15, -0.1) is 0 Å². The van der Waals surface area contributed by atoms with Gasteiger partial charge in [0.1, 0.15) is 6.04 Å². The Bertz CT molecular complexity index is 835. The minimum atomic E-state index is -0.904. The van der Waals surface area contributed by atoms with Gasteiger partial charge in [0.25, 0.3) is 5.91 Å². The minimum Gasteiger partial charge on any atom is -0.325 e. The van der Waals surface area contributed by atoms with E-state index < -0.39 is 23.9 Å². The molecule has 1 atom stereocenters. The number of nitrogens with zero attached hydrogens (tertiary/aromatic N) is 3. The number of nitrogens with one attached hydrogen (secondary N) is 2. The summed E-state index contributed by atoms with van der Waals surface area (Å²) in [5, 5.41) is 9.61. The Balaban J connectivity index is 1.62. The molecule has 8 nitrogen and oxygen atoms in total. The van der Waals surface area contributed by atoms with Crippen molar-refractivity contribution in [2.45, 2.75) is 19.0 Å². The highest BCUT2D eigenvalue weighted by Crippen LogP contribution is 2.20. The Morgan fingerprint density at radius 2 is 2.08 bits per heavy atom. The van der Waals surface area contributed by atoms with Gasteiger partial charge in [-0.1, -0.05) is 29.8 Å². The van der Waals surface area contributed by atoms with Crippen LogP contribution in [0.15, 0.2) is 36.5 Å². The smallest absolute Gasteiger partial charge is 0.325 e. The van der Waals surface area contributed by atoms with Gasteiger partial charge in [0, 0.05) is 24.3 Å². The van der Waals surface area contributed by atoms with Crippen LogP contribution in [-0.4, -0.2) is 38.6 Å². The summed E-state index contributed by atoms with van der Waals surface area (Å²) in [6.45, 7) is 0.0582. The largest absolute Gasteiger partial charge is 0.325 e. The van der Waals surface area contributed by atoms with Gasteiger partial charge in [-0.2, -0.15) is 5.10 Å². The lowest BCUT2D eigenvalue weighted by Crippen LogP contribution is -2.34. The molecule has 9 heteroatoms. The fourth-order valence-corrected chi connectivity index (χ4v) is 2.72. The molecule has 2 N–H and O–H groups in total. The Hall–Kier alpha value is -2.87. The third-order valence-electron chi connectivity index (χ3n) is 3.76. The Morgan fingerprint density at radius 1 is 1.32 bits per heavy atom. The summed E-state index contributed by atoms with van der Waals surface area (Å²) in [7, 11) is 1.73. The number of halogens is 1. The fourth-order valence-electron chi connectivity index (χ4n) is 2.52. The molecule has 0 unspecified atom stereocenters. The molecule has 0 saturated carbocycles. The first-order chi connectivity index (χ1) is 11.9. The van der Waals surface area contributed by atoms with Crippen molar-refractivity contribution in [1.29, 1.82) is 0 Å². The highest BCUT2D eigenvalue weighted by atomic mass is 35.5. The Kier molecular flexibility index (Phi) is 4.71. The summed E-state index contributed by atoms with van der Waals surface area (Å²) in [6.07, 6.45) is 1.52. The van der Waals surface area contributed by atoms with Gasteiger partial charge in [-0.3, -0.25) is 19.2 Å². The normalized spacial score (nSPS) is 16.9. The summed E-state index contributed by atoms with van der Waals surface area (Å²) in [4.78, 5) is 37.6. The molecule has 2 heterocycles. The number of carbonyl (C=O) groups is 3. The van der Waals surface area contributed by atoms with E-state index in [1.165, 1.54) is 0 Å². The highest BCUT2D eigenvalue weighted by Gasteiger charge is 2.39. The molecule has 1 saturated heterocycles. The van der Waals surface area contributed by atoms with E-state index in [1.807, 2.05) is 0 Å². The van der Waals surface area contributed by atoms with Crippen LogP contribution in [0, 0.1) is 0 Å². The highest BCUT2D eigenvalue weighted by molar-refractivity contribution is 6.31. The van der Waals surface area contributed by atoms with Crippen molar-refractivity contribution in [3.63, 3.8) is 0 Å². The first-order valence-corrected chi connectivity index (χ1v) is 7.96. The van der Waals surface area contributed by atoms with Crippen LogP contribution in [-0.2, 0) is 23.2 Å². The standard InChI is InChI=1S/C16H16ClN5O3/c1-21-7-6-13(20-21)19-14(23)8-12-15(24)22(16(25)18-12)9-10-4-2-3-5-11(10)17/h2-7,12H,8-9H2,1H3,(H,18,25)(H,19,20,23)/t12-/m1/s1. The molecule has 0 spiro atoms. The van der Waals surface area contributed by atoms with E-state index in [-0.39, 0.29) is 13.0 Å². The number of anilines is 1. The second-order valence-corrected chi connectivity index (χ2v) is 6.05. The lowest BCUT2D eigenvalue weighted by molar-refractivity contribution is -0.130. The van der Waals surface area contributed by atoms with Crippen LogP contribution in [0.4, 0.5) is 10.6 Å². The molecule has 1 aliphatic rings. The number of hydrogen-bond acceptors (Lipinski definition) is 4. The van der Waals surface area contributed by atoms with Crippen molar-refractivity contribution in [3.8, 4) is 0 Å². The van der Waals surface area contributed by atoms with E-state index in [4.69, 9.17) is 11.6 Å². The quantitative estimate of drug-likeness (QED) is 0.789. The van der Waals surface area contributed by atoms with Crippen LogP contribution in [0.3, 0.4) is 0 Å². The molecule has 2 aromatic rings. The number of aromatic nitrogens is 2. The number of benzene rings is 1. The van der Waals surface area contributed by atoms with Crippen molar-refractivity contribution in [1.82, 2.24) is 20.0 Å². The van der Waals surface area contributed by atoms with Crippen molar-refractivity contribution in [2.75, 3.05) is 5.32 Å². The maximum Gasteiger partial charge on any atom is 0.325 e. The van der Waals surface area contributed by atoms with Gasteiger partial charge < -0.3 is 10.6 Å². The lowest BCUT2D eigenvalue weighted by Gasteiger charge is -2.14. The first kappa shape index (κ1) is 17.0. The van der Waals surface area contributed by atoms with E-state index in [9.17, 15) is 14.4 Å². The fraction of sp³-hybridized carbons (Fsp3) is 0.250. The monoisotopic (exact) mass is 361 g/mol. The van der Waals surface area contributed by atoms with E-state index >= 15 is 0 Å². The minimum absolute atomic E-state index is 0.0582. The number of carbonyl (C=O) groups excluding carboxylic acids is 3. The molecule has 4 amide bonds. The summed E-state index contributed by atoms with van der Waals surface area (Å²) in [6, 6.07) is 7.16. The van der Waals surface area contributed by atoms with Crippen LogP contribution >= 0.6 is 11.6 Å². The van der Waals surface area contributed by atoms with Crippen molar-refractivity contribution >= 4 is 35.3 Å². The molecule has 130 valence electrons. The maximum absolute atomic E-state index is 12.4. The first-order valence-electron chi connectivity index (χ1n) is 7.59. The third-order valence-corrected chi connectivity index (χ3v) is 4.13. The number of aryl methyl sites for hydroxylation is 1. The maximum atomic E-state index is 12.4. The molecule has 3 rings (SSSR count). The average molecular weight is 362 g/mol. The SMILES string of the molecule is Cn1ccc(NC(=O)C[C@H]2NC(=O)N(Cc3ccccc3Cl)C2=O)n1. The number of hydrogen-bond donors (Lipinski definition) is 2. The van der Waals surface area contributed by atoms with Gasteiger partial charge >= 0.3 is 6.03 Å². The molecular formula is C16H16ClN5O3. The van der Waals surface area contributed by atoms with Crippen LogP contribution in [0.5, 0.6) is 0 Å². The van der Waals surface area contributed by atoms with Crippen LogP contribution in [0.2, 0.25) is 5.02 Å². The predicted molar refractivity (Wildman–Crippen MR) is 90.8 cm³/mol. The van der Waals surface area contributed by atoms with E-state index in [1.54, 1.807) is 48.3 Å². The zero-order chi connectivity index (χ0) is 18.0. The molecule has 0 bridgehead atoms. The van der Waals surface area contributed by atoms with Gasteiger partial charge in [0.05, 0.1) is 13.0 Å². The van der Waals surface area contributed by atoms with Crippen molar-refractivity contribution in [3.05, 3.63) is 47.1 Å². The van der Waals surface area contributed by atoms with Crippen LogP contribution in [0.1, 0.15) is 12.0 Å². The summed E-state index contributed by atoms with van der Waals surface area (Å²) in [5.74, 6) is -0.477.